The van der Waals surface area contributed by atoms with Crippen LogP contribution < -0.4 is 0 Å². The van der Waals surface area contributed by atoms with Crippen LogP contribution in [0.15, 0.2) is 18.2 Å². The first-order valence-corrected chi connectivity index (χ1v) is 5.86. The summed E-state index contributed by atoms with van der Waals surface area (Å²) in [6.07, 6.45) is 1.25. The molecular weight excluding hydrogens is 176 g/mol. The van der Waals surface area contributed by atoms with E-state index in [1.807, 2.05) is 0 Å². The van der Waals surface area contributed by atoms with Gasteiger partial charge in [-0.2, -0.15) is 11.8 Å². The number of fused-ring (bicyclic) bond motifs is 1. The normalized spacial score (nSPS) is 27.0. The van der Waals surface area contributed by atoms with E-state index in [0.29, 0.717) is 5.25 Å². The van der Waals surface area contributed by atoms with Crippen molar-refractivity contribution in [1.29, 1.82) is 0 Å². The molecule has 2 unspecified atom stereocenters. The molecule has 1 heteroatoms. The summed E-state index contributed by atoms with van der Waals surface area (Å²) in [7, 11) is 0. The predicted octanol–water partition coefficient (Wildman–Crippen LogP) is 3.73. The van der Waals surface area contributed by atoms with Gasteiger partial charge >= 0.3 is 0 Å². The largest absolute Gasteiger partial charge is 0.151 e. The van der Waals surface area contributed by atoms with Crippen LogP contribution in [-0.4, -0.2) is 5.25 Å². The van der Waals surface area contributed by atoms with Crippen molar-refractivity contribution in [3.63, 3.8) is 0 Å². The highest BCUT2D eigenvalue weighted by Gasteiger charge is 2.22. The van der Waals surface area contributed by atoms with Gasteiger partial charge in [0, 0.05) is 10.5 Å². The Morgan fingerprint density at radius 2 is 2.08 bits per heavy atom. The molecule has 1 heterocycles. The number of benzene rings is 1. The zero-order valence-electron chi connectivity index (χ0n) is 8.50. The fraction of sp³-hybridized carbons (Fsp3) is 0.500. The molecule has 0 amide bonds. The monoisotopic (exact) mass is 192 g/mol. The van der Waals surface area contributed by atoms with Crippen molar-refractivity contribution in [2.45, 2.75) is 37.7 Å². The molecule has 0 radical (unpaired) electrons. The van der Waals surface area contributed by atoms with Crippen molar-refractivity contribution in [3.8, 4) is 0 Å². The highest BCUT2D eigenvalue weighted by Crippen LogP contribution is 2.41. The summed E-state index contributed by atoms with van der Waals surface area (Å²) in [5.41, 5.74) is 4.63. The van der Waals surface area contributed by atoms with E-state index in [4.69, 9.17) is 0 Å². The standard InChI is InChI=1S/C12H16S/c1-8-5-4-6-11-10(3)13-9(2)7-12(8)11/h4-6,9-10H,7H2,1-3H3. The second kappa shape index (κ2) is 3.38. The maximum atomic E-state index is 2.33. The third-order valence-electron chi connectivity index (χ3n) is 2.81. The van der Waals surface area contributed by atoms with E-state index < -0.39 is 0 Å². The number of thioether (sulfide) groups is 1. The van der Waals surface area contributed by atoms with Crippen LogP contribution in [0.1, 0.15) is 35.8 Å². The number of hydrogen-bond donors (Lipinski definition) is 0. The molecule has 0 fully saturated rings. The van der Waals surface area contributed by atoms with Gasteiger partial charge in [0.05, 0.1) is 0 Å². The minimum atomic E-state index is 0.679. The van der Waals surface area contributed by atoms with E-state index in [1.54, 1.807) is 11.1 Å². The fourth-order valence-corrected chi connectivity index (χ4v) is 3.47. The number of aryl methyl sites for hydroxylation is 1. The van der Waals surface area contributed by atoms with Crippen molar-refractivity contribution in [2.75, 3.05) is 0 Å². The Labute approximate surface area is 84.7 Å². The van der Waals surface area contributed by atoms with Gasteiger partial charge in [0.1, 0.15) is 0 Å². The number of rotatable bonds is 0. The highest BCUT2D eigenvalue weighted by atomic mass is 32.2. The van der Waals surface area contributed by atoms with E-state index in [1.165, 1.54) is 12.0 Å². The summed E-state index contributed by atoms with van der Waals surface area (Å²) >= 11 is 2.09. The predicted molar refractivity (Wildman–Crippen MR) is 60.4 cm³/mol. The quantitative estimate of drug-likeness (QED) is 0.603. The number of hydrogen-bond acceptors (Lipinski definition) is 1. The molecule has 0 spiro atoms. The third-order valence-corrected chi connectivity index (χ3v) is 4.11. The van der Waals surface area contributed by atoms with Crippen LogP contribution in [-0.2, 0) is 6.42 Å². The highest BCUT2D eigenvalue weighted by molar-refractivity contribution is 8.00. The van der Waals surface area contributed by atoms with Crippen LogP contribution in [0.3, 0.4) is 0 Å². The minimum Gasteiger partial charge on any atom is -0.151 e. The zero-order chi connectivity index (χ0) is 9.42. The maximum absolute atomic E-state index is 2.33. The van der Waals surface area contributed by atoms with E-state index in [-0.39, 0.29) is 0 Å². The van der Waals surface area contributed by atoms with Gasteiger partial charge in [-0.1, -0.05) is 25.1 Å². The lowest BCUT2D eigenvalue weighted by molar-refractivity contribution is 0.862. The molecule has 0 saturated carbocycles. The fourth-order valence-electron chi connectivity index (χ4n) is 2.14. The molecule has 0 N–H and O–H groups in total. The Morgan fingerprint density at radius 1 is 1.31 bits per heavy atom. The molecule has 0 saturated heterocycles. The van der Waals surface area contributed by atoms with Crippen molar-refractivity contribution >= 4 is 11.8 Å². The smallest absolute Gasteiger partial charge is 0.0274 e. The van der Waals surface area contributed by atoms with Crippen molar-refractivity contribution < 1.29 is 0 Å². The van der Waals surface area contributed by atoms with E-state index >= 15 is 0 Å². The Hall–Kier alpha value is -0.430. The molecule has 0 aliphatic carbocycles. The van der Waals surface area contributed by atoms with E-state index in [9.17, 15) is 0 Å². The lowest BCUT2D eigenvalue weighted by Crippen LogP contribution is -2.14. The van der Waals surface area contributed by atoms with Crippen LogP contribution in [0.2, 0.25) is 0 Å². The first-order chi connectivity index (χ1) is 6.18. The molecule has 1 aliphatic rings. The summed E-state index contributed by atoms with van der Waals surface area (Å²) in [5.74, 6) is 0. The van der Waals surface area contributed by atoms with E-state index in [0.717, 1.165) is 5.25 Å². The summed E-state index contributed by atoms with van der Waals surface area (Å²) < 4.78 is 0. The molecule has 1 aromatic rings. The Kier molecular flexibility index (Phi) is 2.37. The molecule has 0 bridgehead atoms. The molecule has 13 heavy (non-hydrogen) atoms. The summed E-state index contributed by atoms with van der Waals surface area (Å²) in [6, 6.07) is 6.70. The van der Waals surface area contributed by atoms with Gasteiger partial charge in [0.25, 0.3) is 0 Å². The first kappa shape index (κ1) is 9.14. The Bertz CT molecular complexity index is 317. The molecular formula is C12H16S. The average molecular weight is 192 g/mol. The maximum Gasteiger partial charge on any atom is 0.0274 e. The van der Waals surface area contributed by atoms with Gasteiger partial charge in [-0.05, 0) is 37.0 Å². The molecule has 70 valence electrons. The van der Waals surface area contributed by atoms with Crippen LogP contribution >= 0.6 is 11.8 Å². The van der Waals surface area contributed by atoms with Gasteiger partial charge in [-0.15, -0.1) is 0 Å². The lowest BCUT2D eigenvalue weighted by Gasteiger charge is -2.28. The molecule has 1 aromatic carbocycles. The second-order valence-electron chi connectivity index (χ2n) is 3.94. The third kappa shape index (κ3) is 1.62. The summed E-state index contributed by atoms with van der Waals surface area (Å²) in [6.45, 7) is 6.88. The second-order valence-corrected chi connectivity index (χ2v) is 5.72. The minimum absolute atomic E-state index is 0.679. The van der Waals surface area contributed by atoms with Crippen LogP contribution in [0, 0.1) is 6.92 Å². The molecule has 0 nitrogen and oxygen atoms in total. The summed E-state index contributed by atoms with van der Waals surface area (Å²) in [5, 5.41) is 1.46. The van der Waals surface area contributed by atoms with Crippen molar-refractivity contribution in [3.05, 3.63) is 34.9 Å². The molecule has 0 aromatic heterocycles. The van der Waals surface area contributed by atoms with Crippen molar-refractivity contribution in [2.24, 2.45) is 0 Å². The summed E-state index contributed by atoms with van der Waals surface area (Å²) in [4.78, 5) is 0. The average Bonchev–Trinajstić information content (AvgIpc) is 2.07. The molecule has 2 atom stereocenters. The molecule has 1 aliphatic heterocycles. The van der Waals surface area contributed by atoms with Crippen LogP contribution in [0.5, 0.6) is 0 Å². The van der Waals surface area contributed by atoms with Crippen LogP contribution in [0.25, 0.3) is 0 Å². The van der Waals surface area contributed by atoms with Gasteiger partial charge < -0.3 is 0 Å². The SMILES string of the molecule is Cc1cccc2c1CC(C)SC2C. The van der Waals surface area contributed by atoms with Crippen LogP contribution in [0.4, 0.5) is 0 Å². The van der Waals surface area contributed by atoms with Gasteiger partial charge in [0.2, 0.25) is 0 Å². The first-order valence-electron chi connectivity index (χ1n) is 4.92. The topological polar surface area (TPSA) is 0 Å². The Morgan fingerprint density at radius 3 is 2.85 bits per heavy atom. The van der Waals surface area contributed by atoms with Gasteiger partial charge in [-0.25, -0.2) is 0 Å². The van der Waals surface area contributed by atoms with Gasteiger partial charge in [0.15, 0.2) is 0 Å². The lowest BCUT2D eigenvalue weighted by atomic mass is 9.95. The zero-order valence-corrected chi connectivity index (χ0v) is 9.32. The Balaban J connectivity index is 2.49. The van der Waals surface area contributed by atoms with Gasteiger partial charge in [-0.3, -0.25) is 0 Å². The van der Waals surface area contributed by atoms with E-state index in [2.05, 4.69) is 50.7 Å². The van der Waals surface area contributed by atoms with Crippen molar-refractivity contribution in [1.82, 2.24) is 0 Å². The molecule has 2 rings (SSSR count).